The van der Waals surface area contributed by atoms with Gasteiger partial charge < -0.3 is 129 Å². The highest BCUT2D eigenvalue weighted by Crippen LogP contribution is 2.35. The lowest BCUT2D eigenvalue weighted by molar-refractivity contribution is -0.535. The molecule has 5 saturated heterocycles. The van der Waals surface area contributed by atoms with E-state index in [1.807, 2.05) is 0 Å². The normalized spacial score (nSPS) is 53.2. The largest absolute Gasteiger partial charge is 0.829 e. The van der Waals surface area contributed by atoms with Crippen LogP contribution in [-0.2, 0) is 42.6 Å². The van der Waals surface area contributed by atoms with E-state index in [0.29, 0.717) is 0 Å². The summed E-state index contributed by atoms with van der Waals surface area (Å²) in [7, 11) is 0. The van der Waals surface area contributed by atoms with Crippen molar-refractivity contribution in [2.24, 2.45) is 0 Å². The molecule has 0 aromatic carbocycles. The fraction of sp³-hybridized carbons (Fsp3) is 1.00. The Bertz CT molecular complexity index is 1200. The third-order valence-corrected chi connectivity index (χ3v) is 10.3. The van der Waals surface area contributed by atoms with Crippen LogP contribution in [0.25, 0.3) is 0 Å². The minimum absolute atomic E-state index is 0.812. The first-order valence-electron chi connectivity index (χ1n) is 17.6. The fourth-order valence-corrected chi connectivity index (χ4v) is 7.02. The van der Waals surface area contributed by atoms with E-state index in [9.17, 15) is 86.8 Å². The molecule has 16 N–H and O–H groups in total. The molecule has 0 spiro atoms. The number of rotatable bonds is 13. The zero-order chi connectivity index (χ0) is 41.3. The van der Waals surface area contributed by atoms with Gasteiger partial charge >= 0.3 is 0 Å². The molecule has 0 aliphatic carbocycles. The van der Waals surface area contributed by atoms with E-state index in [-0.39, 0.29) is 0 Å². The Balaban J connectivity index is 1.22. The van der Waals surface area contributed by atoms with Crippen molar-refractivity contribution in [1.29, 1.82) is 0 Å². The highest BCUT2D eigenvalue weighted by atomic mass is 16.8. The smallest absolute Gasteiger partial charge is 0.187 e. The van der Waals surface area contributed by atoms with Gasteiger partial charge in [0.1, 0.15) is 116 Å². The summed E-state index contributed by atoms with van der Waals surface area (Å²) in [6, 6.07) is 0. The van der Waals surface area contributed by atoms with Gasteiger partial charge in [0, 0.05) is 6.29 Å². The van der Waals surface area contributed by atoms with Gasteiger partial charge in [-0.15, -0.1) is 0 Å². The Morgan fingerprint density at radius 2 is 0.554 bits per heavy atom. The first-order valence-corrected chi connectivity index (χ1v) is 17.6. The van der Waals surface area contributed by atoms with Gasteiger partial charge in [0.15, 0.2) is 25.2 Å². The number of hydrogen-bond acceptors (Lipinski definition) is 26. The Kier molecular flexibility index (Phi) is 16.1. The molecule has 5 heterocycles. The molecule has 56 heavy (non-hydrogen) atoms. The highest BCUT2D eigenvalue weighted by molar-refractivity contribution is 4.98. The summed E-state index contributed by atoms with van der Waals surface area (Å²) in [5, 5.41) is 177. The predicted molar refractivity (Wildman–Crippen MR) is 164 cm³/mol. The van der Waals surface area contributed by atoms with Gasteiger partial charge in [-0.05, 0) is 0 Å². The number of aliphatic hydroxyl groups is 16. The van der Waals surface area contributed by atoms with Crippen molar-refractivity contribution in [1.82, 2.24) is 0 Å². The highest BCUT2D eigenvalue weighted by Gasteiger charge is 2.56. The van der Waals surface area contributed by atoms with E-state index in [0.717, 1.165) is 0 Å². The van der Waals surface area contributed by atoms with Crippen LogP contribution < -0.4 is 5.11 Å². The average Bonchev–Trinajstić information content (AvgIpc) is 3.19. The molecule has 0 aromatic heterocycles. The topological polar surface area (TPSA) is 430 Å². The molecular formula is C30H51O26-. The molecule has 5 aliphatic rings. The van der Waals surface area contributed by atoms with Crippen molar-refractivity contribution >= 4 is 0 Å². The summed E-state index contributed by atoms with van der Waals surface area (Å²) in [5.74, 6) is 0. The number of hydrogen-bond donors (Lipinski definition) is 16. The molecule has 0 amide bonds. The van der Waals surface area contributed by atoms with Gasteiger partial charge in [0.25, 0.3) is 0 Å². The van der Waals surface area contributed by atoms with Crippen LogP contribution in [-0.4, -0.2) is 268 Å². The second-order valence-corrected chi connectivity index (χ2v) is 13.9. The molecule has 26 nitrogen and oxygen atoms in total. The monoisotopic (exact) mass is 827 g/mol. The second-order valence-electron chi connectivity index (χ2n) is 13.9. The maximum Gasteiger partial charge on any atom is 0.187 e. The van der Waals surface area contributed by atoms with Crippen LogP contribution in [0.5, 0.6) is 0 Å². The van der Waals surface area contributed by atoms with E-state index in [2.05, 4.69) is 0 Å². The molecule has 0 unspecified atom stereocenters. The van der Waals surface area contributed by atoms with Gasteiger partial charge in [-0.1, -0.05) is 0 Å². The van der Waals surface area contributed by atoms with Gasteiger partial charge in [-0.2, -0.15) is 0 Å². The summed E-state index contributed by atoms with van der Waals surface area (Å²) < 4.78 is 48.9. The zero-order valence-electron chi connectivity index (χ0n) is 29.2. The average molecular weight is 828 g/mol. The van der Waals surface area contributed by atoms with E-state index in [4.69, 9.17) is 42.6 Å². The summed E-state index contributed by atoms with van der Waals surface area (Å²) in [6.07, 6.45) is -46.4. The number of aliphatic hydroxyl groups excluding tert-OH is 16. The van der Waals surface area contributed by atoms with Crippen molar-refractivity contribution < 1.29 is 129 Å². The Morgan fingerprint density at radius 3 is 0.857 bits per heavy atom. The van der Waals surface area contributed by atoms with E-state index in [1.165, 1.54) is 0 Å². The lowest BCUT2D eigenvalue weighted by Gasteiger charge is -2.50. The standard InChI is InChI=1S/C30H51O26/c31-1-6-11(36)12(37)18(43)27(49-6)54-23-8(3-33)51-29(20(45)14(23)39)56-25-10(5-35)52-30(21(46)16(25)41)55-24-9(4-34)50-28(19(44)15(24)40)53-22-7(2-32)48-26(47)17(42)13(22)38/h6-46H,1-5H2/q-1/t6-,7-,8-,9-,10-,11-,12+,13-,14-,15-,16-,17-,18-,19-,20-,21-,22-,23-,24-,25-,26+,27-,28-,29-,30-/m1/s1. The first kappa shape index (κ1) is 46.0. The van der Waals surface area contributed by atoms with Crippen molar-refractivity contribution in [2.75, 3.05) is 33.0 Å². The first-order chi connectivity index (χ1) is 26.5. The fourth-order valence-electron chi connectivity index (χ4n) is 7.02. The zero-order valence-corrected chi connectivity index (χ0v) is 29.2. The summed E-state index contributed by atoms with van der Waals surface area (Å²) >= 11 is 0. The van der Waals surface area contributed by atoms with Crippen molar-refractivity contribution in [3.63, 3.8) is 0 Å². The van der Waals surface area contributed by atoms with Crippen molar-refractivity contribution in [3.05, 3.63) is 0 Å². The quantitative estimate of drug-likeness (QED) is 0.0819. The van der Waals surface area contributed by atoms with Gasteiger partial charge in [-0.25, -0.2) is 0 Å². The molecule has 5 rings (SSSR count). The van der Waals surface area contributed by atoms with Crippen LogP contribution in [0.2, 0.25) is 0 Å². The molecule has 328 valence electrons. The third kappa shape index (κ3) is 9.16. The van der Waals surface area contributed by atoms with Crippen LogP contribution in [0.15, 0.2) is 0 Å². The van der Waals surface area contributed by atoms with Gasteiger partial charge in [0.2, 0.25) is 0 Å². The summed E-state index contributed by atoms with van der Waals surface area (Å²) in [5.41, 5.74) is 0. The van der Waals surface area contributed by atoms with Crippen LogP contribution in [0.4, 0.5) is 0 Å². The molecule has 0 bridgehead atoms. The lowest BCUT2D eigenvalue weighted by Crippen LogP contribution is -2.68. The Labute approximate surface area is 316 Å². The van der Waals surface area contributed by atoms with E-state index >= 15 is 0 Å². The van der Waals surface area contributed by atoms with Gasteiger partial charge in [-0.3, -0.25) is 0 Å². The van der Waals surface area contributed by atoms with E-state index in [1.54, 1.807) is 0 Å². The summed E-state index contributed by atoms with van der Waals surface area (Å²) in [6.45, 7) is -4.57. The minimum Gasteiger partial charge on any atom is -0.829 e. The Hall–Kier alpha value is -1.04. The van der Waals surface area contributed by atoms with Crippen molar-refractivity contribution in [3.8, 4) is 0 Å². The molecule has 5 fully saturated rings. The maximum atomic E-state index is 11.8. The minimum atomic E-state index is -2.15. The van der Waals surface area contributed by atoms with Crippen LogP contribution in [0.1, 0.15) is 0 Å². The second kappa shape index (κ2) is 19.6. The lowest BCUT2D eigenvalue weighted by atomic mass is 9.95. The Morgan fingerprint density at radius 1 is 0.304 bits per heavy atom. The predicted octanol–water partition coefficient (Wildman–Crippen LogP) is -12.6. The molecule has 26 heteroatoms. The molecule has 5 aliphatic heterocycles. The third-order valence-electron chi connectivity index (χ3n) is 10.3. The van der Waals surface area contributed by atoms with Crippen molar-refractivity contribution in [2.45, 2.75) is 154 Å². The molecule has 0 saturated carbocycles. The van der Waals surface area contributed by atoms with E-state index < -0.39 is 187 Å². The van der Waals surface area contributed by atoms with Gasteiger partial charge in [0.05, 0.1) is 39.1 Å². The van der Waals surface area contributed by atoms with Crippen LogP contribution >= 0.6 is 0 Å². The number of ether oxygens (including phenoxy) is 9. The summed E-state index contributed by atoms with van der Waals surface area (Å²) in [4.78, 5) is 0. The van der Waals surface area contributed by atoms with Crippen LogP contribution in [0, 0.1) is 0 Å². The molecule has 0 aromatic rings. The molecule has 25 atom stereocenters. The SMILES string of the molecule is [O-][C@H]1O[C@H](CO)[C@@H](O[C@H]2O[C@H](CO)[C@@H](O[C@H]3O[C@H](CO)[C@@H](O[C@H]4O[C@H](CO)[C@@H](O[C@H]5O[C@H](CO)[C@@H](O)[C@H](O)[C@H]5O)[C@H](O)[C@H]4O)[C@H](O)[C@H]3O)[C@H](O)[C@H]2O)[C@H](O)[C@H]1O. The van der Waals surface area contributed by atoms with Crippen LogP contribution in [0.3, 0.4) is 0 Å². The maximum absolute atomic E-state index is 11.8. The molecular weight excluding hydrogens is 776 g/mol. The molecule has 0 radical (unpaired) electrons.